The predicted octanol–water partition coefficient (Wildman–Crippen LogP) is 1.88. The topological polar surface area (TPSA) is 88.1 Å². The molecule has 0 bridgehead atoms. The molecule has 0 aliphatic carbocycles. The molecule has 1 aliphatic heterocycles. The number of alkyl halides is 3. The molecule has 0 fully saturated rings. The zero-order valence-corrected chi connectivity index (χ0v) is 14.0. The molecule has 1 aromatic carbocycles. The second kappa shape index (κ2) is 8.37. The van der Waals surface area contributed by atoms with Crippen molar-refractivity contribution in [3.63, 3.8) is 0 Å². The van der Waals surface area contributed by atoms with Gasteiger partial charge in [0.1, 0.15) is 19.0 Å². The number of amides is 2. The molecule has 26 heavy (non-hydrogen) atoms. The number of fused-ring (bicyclic) bond motifs is 1. The Hall–Kier alpha value is -2.33. The molecular weight excluding hydrogens is 357 g/mol. The first-order valence-corrected chi connectivity index (χ1v) is 7.85. The molecule has 0 saturated carbocycles. The van der Waals surface area contributed by atoms with Crippen molar-refractivity contribution in [2.24, 2.45) is 0 Å². The van der Waals surface area contributed by atoms with E-state index in [-0.39, 0.29) is 43.7 Å². The number of halogens is 3. The van der Waals surface area contributed by atoms with E-state index in [1.165, 1.54) is 22.5 Å². The molecule has 0 saturated heterocycles. The van der Waals surface area contributed by atoms with E-state index in [0.717, 1.165) is 0 Å². The standard InChI is InChI=1S/C16H19F3N2O5/c1-10-8-26-13-6-11(15(23)20-24)2-3-12(13)7-21(10)14(22)4-5-25-9-16(17,18)19/h2-3,6,10,24H,4-5,7-9H2,1H3,(H,20,23)/t10-/m0/s1. The third-order valence-electron chi connectivity index (χ3n) is 3.83. The van der Waals surface area contributed by atoms with Gasteiger partial charge in [0.25, 0.3) is 5.91 Å². The van der Waals surface area contributed by atoms with Gasteiger partial charge < -0.3 is 14.4 Å². The molecule has 1 atom stereocenters. The molecule has 2 amide bonds. The quantitative estimate of drug-likeness (QED) is 0.466. The minimum atomic E-state index is -4.43. The van der Waals surface area contributed by atoms with Crippen molar-refractivity contribution in [1.29, 1.82) is 0 Å². The molecule has 0 aromatic heterocycles. The Labute approximate surface area is 147 Å². The average molecular weight is 376 g/mol. The largest absolute Gasteiger partial charge is 0.491 e. The first kappa shape index (κ1) is 20.0. The summed E-state index contributed by atoms with van der Waals surface area (Å²) in [5, 5.41) is 8.68. The second-order valence-electron chi connectivity index (χ2n) is 5.86. The first-order chi connectivity index (χ1) is 12.2. The molecule has 10 heteroatoms. The van der Waals surface area contributed by atoms with Crippen molar-refractivity contribution in [2.75, 3.05) is 19.8 Å². The number of carbonyl (C=O) groups is 2. The van der Waals surface area contributed by atoms with Crippen molar-refractivity contribution >= 4 is 11.8 Å². The van der Waals surface area contributed by atoms with E-state index < -0.39 is 18.7 Å². The van der Waals surface area contributed by atoms with Gasteiger partial charge in [-0.25, -0.2) is 5.48 Å². The highest BCUT2D eigenvalue weighted by Gasteiger charge is 2.29. The maximum atomic E-state index is 12.3. The van der Waals surface area contributed by atoms with Crippen LogP contribution in [0.3, 0.4) is 0 Å². The fourth-order valence-corrected chi connectivity index (χ4v) is 2.49. The van der Waals surface area contributed by atoms with E-state index in [2.05, 4.69) is 4.74 Å². The van der Waals surface area contributed by atoms with Gasteiger partial charge >= 0.3 is 6.18 Å². The Balaban J connectivity index is 2.02. The van der Waals surface area contributed by atoms with Crippen LogP contribution in [0.1, 0.15) is 29.3 Å². The number of hydroxylamine groups is 1. The first-order valence-electron chi connectivity index (χ1n) is 7.85. The maximum Gasteiger partial charge on any atom is 0.411 e. The summed E-state index contributed by atoms with van der Waals surface area (Å²) in [5.74, 6) is -0.640. The molecule has 7 nitrogen and oxygen atoms in total. The maximum absolute atomic E-state index is 12.3. The van der Waals surface area contributed by atoms with E-state index in [9.17, 15) is 22.8 Å². The van der Waals surface area contributed by atoms with Gasteiger partial charge in [-0.1, -0.05) is 6.07 Å². The van der Waals surface area contributed by atoms with Crippen molar-refractivity contribution in [3.05, 3.63) is 29.3 Å². The molecule has 0 radical (unpaired) electrons. The summed E-state index contributed by atoms with van der Waals surface area (Å²) in [7, 11) is 0. The number of carbonyl (C=O) groups excluding carboxylic acids is 2. The Bertz CT molecular complexity index is 666. The molecule has 1 heterocycles. The van der Waals surface area contributed by atoms with Gasteiger partial charge in [0.15, 0.2) is 0 Å². The minimum Gasteiger partial charge on any atom is -0.491 e. The monoisotopic (exact) mass is 376 g/mol. The van der Waals surface area contributed by atoms with Crippen LogP contribution in [0.4, 0.5) is 13.2 Å². The summed E-state index contributed by atoms with van der Waals surface area (Å²) in [6, 6.07) is 4.21. The van der Waals surface area contributed by atoms with Crippen LogP contribution in [0.2, 0.25) is 0 Å². The van der Waals surface area contributed by atoms with Crippen molar-refractivity contribution in [1.82, 2.24) is 10.4 Å². The lowest BCUT2D eigenvalue weighted by atomic mass is 10.1. The molecule has 1 aromatic rings. The molecule has 1 aliphatic rings. The van der Waals surface area contributed by atoms with Crippen LogP contribution in [-0.4, -0.2) is 54.0 Å². The number of nitrogens with one attached hydrogen (secondary N) is 1. The van der Waals surface area contributed by atoms with Gasteiger partial charge in [-0.05, 0) is 19.1 Å². The lowest BCUT2D eigenvalue weighted by Crippen LogP contribution is -2.40. The van der Waals surface area contributed by atoms with Crippen molar-refractivity contribution < 1.29 is 37.4 Å². The van der Waals surface area contributed by atoms with Gasteiger partial charge in [0.2, 0.25) is 5.91 Å². The summed E-state index contributed by atoms with van der Waals surface area (Å²) in [6.45, 7) is 0.381. The minimum absolute atomic E-state index is 0.159. The van der Waals surface area contributed by atoms with Gasteiger partial charge in [0.05, 0.1) is 19.1 Å². The summed E-state index contributed by atoms with van der Waals surface area (Å²) < 4.78 is 46.2. The molecule has 144 valence electrons. The smallest absolute Gasteiger partial charge is 0.411 e. The lowest BCUT2D eigenvalue weighted by molar-refractivity contribution is -0.175. The van der Waals surface area contributed by atoms with Crippen LogP contribution < -0.4 is 10.2 Å². The Morgan fingerprint density at radius 1 is 1.42 bits per heavy atom. The van der Waals surface area contributed by atoms with Crippen LogP contribution >= 0.6 is 0 Å². The van der Waals surface area contributed by atoms with Gasteiger partial charge in [-0.3, -0.25) is 14.8 Å². The molecule has 0 spiro atoms. The van der Waals surface area contributed by atoms with E-state index >= 15 is 0 Å². The number of rotatable bonds is 5. The van der Waals surface area contributed by atoms with Crippen LogP contribution in [-0.2, 0) is 16.1 Å². The fourth-order valence-electron chi connectivity index (χ4n) is 2.49. The summed E-state index contributed by atoms with van der Waals surface area (Å²) in [6.07, 6.45) is -4.61. The van der Waals surface area contributed by atoms with Crippen LogP contribution in [0.25, 0.3) is 0 Å². The summed E-state index contributed by atoms with van der Waals surface area (Å²) in [4.78, 5) is 25.3. The SMILES string of the molecule is C[C@H]1COc2cc(C(=O)NO)ccc2CN1C(=O)CCOCC(F)(F)F. The molecule has 2 rings (SSSR count). The van der Waals surface area contributed by atoms with E-state index in [1.54, 1.807) is 13.0 Å². The Morgan fingerprint density at radius 2 is 2.15 bits per heavy atom. The fraction of sp³-hybridized carbons (Fsp3) is 0.500. The number of nitrogens with zero attached hydrogens (tertiary/aromatic N) is 1. The van der Waals surface area contributed by atoms with Crippen molar-refractivity contribution in [3.8, 4) is 5.75 Å². The van der Waals surface area contributed by atoms with E-state index in [4.69, 9.17) is 9.94 Å². The van der Waals surface area contributed by atoms with Crippen LogP contribution in [0.5, 0.6) is 5.75 Å². The van der Waals surface area contributed by atoms with Gasteiger partial charge in [-0.2, -0.15) is 13.2 Å². The number of hydrogen-bond donors (Lipinski definition) is 2. The molecule has 2 N–H and O–H groups in total. The van der Waals surface area contributed by atoms with Gasteiger partial charge in [0, 0.05) is 17.7 Å². The van der Waals surface area contributed by atoms with Crippen LogP contribution in [0.15, 0.2) is 18.2 Å². The van der Waals surface area contributed by atoms with Crippen LogP contribution in [0, 0.1) is 0 Å². The number of ether oxygens (including phenoxy) is 2. The lowest BCUT2D eigenvalue weighted by Gasteiger charge is -2.26. The molecule has 0 unspecified atom stereocenters. The third-order valence-corrected chi connectivity index (χ3v) is 3.83. The number of hydrogen-bond acceptors (Lipinski definition) is 5. The zero-order valence-electron chi connectivity index (χ0n) is 14.0. The third kappa shape index (κ3) is 5.33. The van der Waals surface area contributed by atoms with E-state index in [0.29, 0.717) is 11.3 Å². The summed E-state index contributed by atoms with van der Waals surface area (Å²) >= 11 is 0. The average Bonchev–Trinajstić information content (AvgIpc) is 2.75. The van der Waals surface area contributed by atoms with E-state index in [1.807, 2.05) is 0 Å². The zero-order chi connectivity index (χ0) is 19.3. The highest BCUT2D eigenvalue weighted by molar-refractivity contribution is 5.93. The Kier molecular flexibility index (Phi) is 6.43. The normalized spacial score (nSPS) is 17.1. The molecular formula is C16H19F3N2O5. The predicted molar refractivity (Wildman–Crippen MR) is 82.7 cm³/mol. The Morgan fingerprint density at radius 3 is 2.81 bits per heavy atom. The van der Waals surface area contributed by atoms with Crippen molar-refractivity contribution in [2.45, 2.75) is 32.1 Å². The number of benzene rings is 1. The van der Waals surface area contributed by atoms with Gasteiger partial charge in [-0.15, -0.1) is 0 Å². The summed E-state index contributed by atoms with van der Waals surface area (Å²) in [5.41, 5.74) is 2.37. The second-order valence-corrected chi connectivity index (χ2v) is 5.86. The highest BCUT2D eigenvalue weighted by atomic mass is 19.4. The highest BCUT2D eigenvalue weighted by Crippen LogP contribution is 2.27.